The number of rotatable bonds is 2. The molecule has 7 heteroatoms. The van der Waals surface area contributed by atoms with Gasteiger partial charge in [-0.3, -0.25) is 9.36 Å². The molecule has 0 radical (unpaired) electrons. The van der Waals surface area contributed by atoms with E-state index in [1.807, 2.05) is 24.3 Å². The fraction of sp³-hybridized carbons (Fsp3) is 0. The van der Waals surface area contributed by atoms with E-state index in [2.05, 4.69) is 4.98 Å². The third-order valence-electron chi connectivity index (χ3n) is 3.81. The Morgan fingerprint density at radius 2 is 1.92 bits per heavy atom. The number of benzene rings is 1. The van der Waals surface area contributed by atoms with Crippen molar-refractivity contribution in [3.63, 3.8) is 0 Å². The predicted molar refractivity (Wildman–Crippen MR) is 94.1 cm³/mol. The van der Waals surface area contributed by atoms with Gasteiger partial charge in [-0.2, -0.15) is 0 Å². The first-order valence-corrected chi connectivity index (χ1v) is 7.91. The standard InChI is InChI=1S/C17H11N3O3S/c18-12-11-13(24-14(12)17(22)23)10-7-4-8-19-15(10)20(16(11)21)9-5-2-1-3-6-9/h1-8H,18H2,(H,22,23). The SMILES string of the molecule is Nc1c(C(=O)O)sc2c1c(=O)n(-c1ccccc1)c1ncccc21. The maximum Gasteiger partial charge on any atom is 0.348 e. The first kappa shape index (κ1) is 14.4. The summed E-state index contributed by atoms with van der Waals surface area (Å²) in [6.45, 7) is 0. The van der Waals surface area contributed by atoms with Crippen LogP contribution in [0.4, 0.5) is 5.69 Å². The van der Waals surface area contributed by atoms with Crippen LogP contribution in [0.3, 0.4) is 0 Å². The first-order chi connectivity index (χ1) is 11.6. The maximum absolute atomic E-state index is 13.1. The molecule has 118 valence electrons. The lowest BCUT2D eigenvalue weighted by Crippen LogP contribution is -2.20. The van der Waals surface area contributed by atoms with Crippen LogP contribution in [0.15, 0.2) is 53.5 Å². The molecular formula is C17H11N3O3S. The molecule has 0 bridgehead atoms. The van der Waals surface area contributed by atoms with Crippen molar-refractivity contribution in [2.45, 2.75) is 0 Å². The monoisotopic (exact) mass is 337 g/mol. The summed E-state index contributed by atoms with van der Waals surface area (Å²) in [7, 11) is 0. The van der Waals surface area contributed by atoms with Gasteiger partial charge in [-0.15, -0.1) is 11.3 Å². The van der Waals surface area contributed by atoms with Gasteiger partial charge in [0, 0.05) is 11.6 Å². The van der Waals surface area contributed by atoms with Crippen molar-refractivity contribution >= 4 is 44.1 Å². The number of carboxylic acids is 1. The molecule has 3 aromatic heterocycles. The summed E-state index contributed by atoms with van der Waals surface area (Å²) in [5, 5.41) is 10.2. The summed E-state index contributed by atoms with van der Waals surface area (Å²) in [4.78, 5) is 28.8. The fourth-order valence-corrected chi connectivity index (χ4v) is 3.85. The maximum atomic E-state index is 13.1. The van der Waals surface area contributed by atoms with Gasteiger partial charge in [0.1, 0.15) is 10.5 Å². The first-order valence-electron chi connectivity index (χ1n) is 7.10. The molecule has 0 saturated carbocycles. The normalized spacial score (nSPS) is 11.2. The van der Waals surface area contributed by atoms with E-state index in [0.29, 0.717) is 21.4 Å². The zero-order valence-corrected chi connectivity index (χ0v) is 13.1. The quantitative estimate of drug-likeness (QED) is 0.586. The Balaban J connectivity index is 2.28. The van der Waals surface area contributed by atoms with Gasteiger partial charge in [-0.05, 0) is 24.3 Å². The molecule has 24 heavy (non-hydrogen) atoms. The van der Waals surface area contributed by atoms with Crippen molar-refractivity contribution in [3.05, 3.63) is 63.9 Å². The number of nitrogen functional groups attached to an aromatic ring is 1. The second kappa shape index (κ2) is 5.17. The Morgan fingerprint density at radius 1 is 1.17 bits per heavy atom. The molecule has 0 saturated heterocycles. The third-order valence-corrected chi connectivity index (χ3v) is 5.04. The van der Waals surface area contributed by atoms with Crippen LogP contribution < -0.4 is 11.3 Å². The minimum absolute atomic E-state index is 0.00272. The lowest BCUT2D eigenvalue weighted by molar-refractivity contribution is 0.0703. The molecule has 0 aliphatic carbocycles. The number of nitrogens with zero attached hydrogens (tertiary/aromatic N) is 2. The van der Waals surface area contributed by atoms with Crippen LogP contribution in [0.5, 0.6) is 0 Å². The highest BCUT2D eigenvalue weighted by atomic mass is 32.1. The topological polar surface area (TPSA) is 98.2 Å². The minimum Gasteiger partial charge on any atom is -0.477 e. The van der Waals surface area contributed by atoms with Gasteiger partial charge in [0.05, 0.1) is 21.5 Å². The average Bonchev–Trinajstić information content (AvgIpc) is 2.94. The van der Waals surface area contributed by atoms with E-state index < -0.39 is 5.97 Å². The number of carbonyl (C=O) groups is 1. The molecule has 3 N–H and O–H groups in total. The van der Waals surface area contributed by atoms with Gasteiger partial charge in [0.15, 0.2) is 0 Å². The number of aromatic carboxylic acids is 1. The van der Waals surface area contributed by atoms with Crippen molar-refractivity contribution in [2.24, 2.45) is 0 Å². The Bertz CT molecular complexity index is 1160. The summed E-state index contributed by atoms with van der Waals surface area (Å²) in [5.41, 5.74) is 6.73. The van der Waals surface area contributed by atoms with E-state index in [1.165, 1.54) is 4.57 Å². The number of carboxylic acid groups (broad SMARTS) is 1. The lowest BCUT2D eigenvalue weighted by Gasteiger charge is -2.10. The molecule has 0 unspecified atom stereocenters. The highest BCUT2D eigenvalue weighted by Gasteiger charge is 2.22. The summed E-state index contributed by atoms with van der Waals surface area (Å²) < 4.78 is 2.01. The predicted octanol–water partition coefficient (Wildman–Crippen LogP) is 2.88. The largest absolute Gasteiger partial charge is 0.477 e. The van der Waals surface area contributed by atoms with E-state index in [4.69, 9.17) is 5.73 Å². The number of thiophene rings is 1. The van der Waals surface area contributed by atoms with Gasteiger partial charge >= 0.3 is 5.97 Å². The van der Waals surface area contributed by atoms with Gasteiger partial charge in [-0.1, -0.05) is 18.2 Å². The van der Waals surface area contributed by atoms with Crippen LogP contribution in [0.25, 0.3) is 26.8 Å². The zero-order valence-electron chi connectivity index (χ0n) is 12.3. The molecule has 0 fully saturated rings. The summed E-state index contributed by atoms with van der Waals surface area (Å²) in [6.07, 6.45) is 1.60. The average molecular weight is 337 g/mol. The summed E-state index contributed by atoms with van der Waals surface area (Å²) in [6, 6.07) is 12.6. The summed E-state index contributed by atoms with van der Waals surface area (Å²) in [5.74, 6) is -1.14. The number of fused-ring (bicyclic) bond motifs is 3. The molecule has 0 aliphatic heterocycles. The summed E-state index contributed by atoms with van der Waals surface area (Å²) >= 11 is 1.00. The van der Waals surface area contributed by atoms with Crippen LogP contribution in [0.1, 0.15) is 9.67 Å². The molecular weight excluding hydrogens is 326 g/mol. The molecule has 4 rings (SSSR count). The van der Waals surface area contributed by atoms with Crippen LogP contribution in [0.2, 0.25) is 0 Å². The van der Waals surface area contributed by atoms with E-state index in [0.717, 1.165) is 11.3 Å². The number of aromatic nitrogens is 2. The highest BCUT2D eigenvalue weighted by Crippen LogP contribution is 2.36. The van der Waals surface area contributed by atoms with Gasteiger partial charge < -0.3 is 10.8 Å². The van der Waals surface area contributed by atoms with Gasteiger partial charge in [0.2, 0.25) is 0 Å². The molecule has 1 aromatic carbocycles. The van der Waals surface area contributed by atoms with E-state index >= 15 is 0 Å². The number of anilines is 1. The Morgan fingerprint density at radius 3 is 2.62 bits per heavy atom. The van der Waals surface area contributed by atoms with Crippen LogP contribution in [-0.4, -0.2) is 20.6 Å². The van der Waals surface area contributed by atoms with E-state index in [9.17, 15) is 14.7 Å². The number of hydrogen-bond acceptors (Lipinski definition) is 5. The Labute approximate surface area is 139 Å². The van der Waals surface area contributed by atoms with Crippen molar-refractivity contribution in [1.29, 1.82) is 0 Å². The molecule has 0 atom stereocenters. The molecule has 0 spiro atoms. The zero-order chi connectivity index (χ0) is 16.8. The highest BCUT2D eigenvalue weighted by molar-refractivity contribution is 7.22. The van der Waals surface area contributed by atoms with E-state index in [1.54, 1.807) is 24.4 Å². The third kappa shape index (κ3) is 1.92. The molecule has 0 aliphatic rings. The van der Waals surface area contributed by atoms with Crippen LogP contribution in [-0.2, 0) is 0 Å². The molecule has 0 amide bonds. The molecule has 6 nitrogen and oxygen atoms in total. The van der Waals surface area contributed by atoms with Crippen LogP contribution >= 0.6 is 11.3 Å². The number of para-hydroxylation sites is 1. The van der Waals surface area contributed by atoms with Crippen LogP contribution in [0, 0.1) is 0 Å². The van der Waals surface area contributed by atoms with Gasteiger partial charge in [0.25, 0.3) is 5.56 Å². The second-order valence-corrected chi connectivity index (χ2v) is 6.23. The molecule has 4 aromatic rings. The number of nitrogens with two attached hydrogens (primary N) is 1. The van der Waals surface area contributed by atoms with Crippen molar-refractivity contribution in [3.8, 4) is 5.69 Å². The smallest absolute Gasteiger partial charge is 0.348 e. The molecule has 3 heterocycles. The fourth-order valence-electron chi connectivity index (χ4n) is 2.78. The van der Waals surface area contributed by atoms with Crippen molar-refractivity contribution < 1.29 is 9.90 Å². The van der Waals surface area contributed by atoms with Crippen molar-refractivity contribution in [2.75, 3.05) is 5.73 Å². The number of hydrogen-bond donors (Lipinski definition) is 2. The lowest BCUT2D eigenvalue weighted by atomic mass is 10.2. The Hall–Kier alpha value is -3.19. The van der Waals surface area contributed by atoms with Crippen molar-refractivity contribution in [1.82, 2.24) is 9.55 Å². The van der Waals surface area contributed by atoms with Gasteiger partial charge in [-0.25, -0.2) is 9.78 Å². The van der Waals surface area contributed by atoms with E-state index in [-0.39, 0.29) is 21.5 Å². The second-order valence-electron chi connectivity index (χ2n) is 5.20. The minimum atomic E-state index is -1.14. The number of pyridine rings is 2. The Kier molecular flexibility index (Phi) is 3.10.